The number of hydrogen-bond acceptors (Lipinski definition) is 5. The van der Waals surface area contributed by atoms with Crippen LogP contribution in [0.5, 0.6) is 5.75 Å². The van der Waals surface area contributed by atoms with Crippen LogP contribution in [0, 0.1) is 10.5 Å². The quantitative estimate of drug-likeness (QED) is 0.348. The van der Waals surface area contributed by atoms with Crippen molar-refractivity contribution in [3.05, 3.63) is 67.6 Å². The van der Waals surface area contributed by atoms with E-state index >= 15 is 0 Å². The molecule has 0 N–H and O–H groups in total. The van der Waals surface area contributed by atoms with Gasteiger partial charge in [-0.2, -0.15) is 0 Å². The SMILES string of the molecule is Cc1ccc(COc2ccc(/C=C3\SC(=O)N(CC(=O)N4CCCCC4)C3=O)cc2I)cc1. The minimum atomic E-state index is -0.412. The number of imide groups is 1. The molecule has 0 unspecified atom stereocenters. The molecule has 2 heterocycles. The Labute approximate surface area is 211 Å². The minimum Gasteiger partial charge on any atom is -0.488 e. The molecule has 0 radical (unpaired) electrons. The van der Waals surface area contributed by atoms with Gasteiger partial charge in [-0.25, -0.2) is 0 Å². The number of piperidine rings is 1. The van der Waals surface area contributed by atoms with Crippen LogP contribution in [-0.2, 0) is 16.2 Å². The molecule has 6 nitrogen and oxygen atoms in total. The maximum atomic E-state index is 12.8. The number of amides is 3. The highest BCUT2D eigenvalue weighted by molar-refractivity contribution is 14.1. The van der Waals surface area contributed by atoms with Crippen LogP contribution in [-0.4, -0.2) is 46.5 Å². The van der Waals surface area contributed by atoms with E-state index in [2.05, 4.69) is 34.7 Å². The number of ether oxygens (including phenoxy) is 1. The third kappa shape index (κ3) is 5.97. The van der Waals surface area contributed by atoms with Gasteiger partial charge in [0.2, 0.25) is 5.91 Å². The Morgan fingerprint density at radius 1 is 1.09 bits per heavy atom. The molecule has 0 aromatic heterocycles. The molecule has 0 spiro atoms. The van der Waals surface area contributed by atoms with E-state index in [1.807, 2.05) is 37.3 Å². The van der Waals surface area contributed by atoms with Crippen LogP contribution in [0.25, 0.3) is 6.08 Å². The van der Waals surface area contributed by atoms with Crippen LogP contribution in [0.15, 0.2) is 47.4 Å². The first-order valence-corrected chi connectivity index (χ1v) is 12.8. The molecule has 2 aromatic rings. The van der Waals surface area contributed by atoms with Gasteiger partial charge in [-0.3, -0.25) is 19.3 Å². The van der Waals surface area contributed by atoms with Crippen molar-refractivity contribution in [3.63, 3.8) is 0 Å². The molecule has 4 rings (SSSR count). The summed E-state index contributed by atoms with van der Waals surface area (Å²) in [6.07, 6.45) is 4.75. The fourth-order valence-corrected chi connectivity index (χ4v) is 5.27. The summed E-state index contributed by atoms with van der Waals surface area (Å²) in [6.45, 7) is 3.72. The van der Waals surface area contributed by atoms with E-state index in [4.69, 9.17) is 4.74 Å². The first-order chi connectivity index (χ1) is 15.9. The summed E-state index contributed by atoms with van der Waals surface area (Å²) in [4.78, 5) is 40.8. The molecule has 2 aliphatic heterocycles. The van der Waals surface area contributed by atoms with Crippen molar-refractivity contribution in [2.24, 2.45) is 0 Å². The van der Waals surface area contributed by atoms with Crippen molar-refractivity contribution in [1.29, 1.82) is 0 Å². The Bertz CT molecular complexity index is 1090. The molecule has 0 aliphatic carbocycles. The van der Waals surface area contributed by atoms with Crippen LogP contribution in [0.2, 0.25) is 0 Å². The smallest absolute Gasteiger partial charge is 0.294 e. The summed E-state index contributed by atoms with van der Waals surface area (Å²) in [7, 11) is 0. The van der Waals surface area contributed by atoms with Crippen LogP contribution in [0.3, 0.4) is 0 Å². The first-order valence-electron chi connectivity index (χ1n) is 10.9. The highest BCUT2D eigenvalue weighted by Crippen LogP contribution is 2.33. The molecule has 0 atom stereocenters. The zero-order valence-corrected chi connectivity index (χ0v) is 21.4. The number of nitrogens with zero attached hydrogens (tertiary/aromatic N) is 2. The van der Waals surface area contributed by atoms with Crippen molar-refractivity contribution < 1.29 is 19.1 Å². The molecule has 0 saturated carbocycles. The Morgan fingerprint density at radius 2 is 1.82 bits per heavy atom. The largest absolute Gasteiger partial charge is 0.488 e. The van der Waals surface area contributed by atoms with E-state index < -0.39 is 11.1 Å². The van der Waals surface area contributed by atoms with Gasteiger partial charge in [0, 0.05) is 13.1 Å². The van der Waals surface area contributed by atoms with E-state index in [0.717, 1.165) is 56.4 Å². The summed E-state index contributed by atoms with van der Waals surface area (Å²) in [5.74, 6) is 0.182. The Morgan fingerprint density at radius 3 is 2.52 bits per heavy atom. The van der Waals surface area contributed by atoms with Crippen LogP contribution >= 0.6 is 34.4 Å². The Hall–Kier alpha value is -2.33. The van der Waals surface area contributed by atoms with Gasteiger partial charge in [-0.15, -0.1) is 0 Å². The van der Waals surface area contributed by atoms with E-state index in [9.17, 15) is 14.4 Å². The van der Waals surface area contributed by atoms with Gasteiger partial charge in [0.05, 0.1) is 8.48 Å². The second-order valence-corrected chi connectivity index (χ2v) is 10.3. The summed E-state index contributed by atoms with van der Waals surface area (Å²) >= 11 is 3.08. The van der Waals surface area contributed by atoms with Crippen LogP contribution < -0.4 is 4.74 Å². The van der Waals surface area contributed by atoms with Crippen molar-refractivity contribution in [3.8, 4) is 5.75 Å². The van der Waals surface area contributed by atoms with Gasteiger partial charge < -0.3 is 9.64 Å². The summed E-state index contributed by atoms with van der Waals surface area (Å²) in [6, 6.07) is 13.8. The number of carbonyl (C=O) groups excluding carboxylic acids is 3. The lowest BCUT2D eigenvalue weighted by atomic mass is 10.1. The molecule has 2 saturated heterocycles. The van der Waals surface area contributed by atoms with Gasteiger partial charge in [-0.05, 0) is 89.9 Å². The van der Waals surface area contributed by atoms with Crippen molar-refractivity contribution in [2.75, 3.05) is 19.6 Å². The Kier molecular flexibility index (Phi) is 7.75. The number of rotatable bonds is 6. The number of aryl methyl sites for hydroxylation is 1. The standard InChI is InChI=1S/C25H25IN2O4S/c1-17-5-7-18(8-6-17)16-32-21-10-9-19(13-20(21)26)14-22-24(30)28(25(31)33-22)15-23(29)27-11-3-2-4-12-27/h5-10,13-14H,2-4,11-12,15-16H2,1H3/b22-14-. The zero-order valence-electron chi connectivity index (χ0n) is 18.4. The van der Waals surface area contributed by atoms with E-state index in [1.165, 1.54) is 5.56 Å². The molecule has 3 amide bonds. The zero-order chi connectivity index (χ0) is 23.4. The number of benzene rings is 2. The predicted molar refractivity (Wildman–Crippen MR) is 138 cm³/mol. The van der Waals surface area contributed by atoms with E-state index in [0.29, 0.717) is 24.6 Å². The molecular weight excluding hydrogens is 551 g/mol. The van der Waals surface area contributed by atoms with Gasteiger partial charge in [-0.1, -0.05) is 35.9 Å². The predicted octanol–water partition coefficient (Wildman–Crippen LogP) is 5.23. The van der Waals surface area contributed by atoms with Gasteiger partial charge >= 0.3 is 0 Å². The second-order valence-electron chi connectivity index (χ2n) is 8.17. The van der Waals surface area contributed by atoms with E-state index in [1.54, 1.807) is 11.0 Å². The Balaban J connectivity index is 1.40. The minimum absolute atomic E-state index is 0.164. The highest BCUT2D eigenvalue weighted by Gasteiger charge is 2.37. The molecule has 0 bridgehead atoms. The molecule has 172 valence electrons. The topological polar surface area (TPSA) is 66.9 Å². The van der Waals surface area contributed by atoms with Crippen LogP contribution in [0.4, 0.5) is 4.79 Å². The monoisotopic (exact) mass is 576 g/mol. The molecule has 2 aromatic carbocycles. The van der Waals surface area contributed by atoms with Crippen molar-refractivity contribution in [1.82, 2.24) is 9.80 Å². The fraction of sp³-hybridized carbons (Fsp3) is 0.320. The van der Waals surface area contributed by atoms with Gasteiger partial charge in [0.25, 0.3) is 11.1 Å². The second kappa shape index (κ2) is 10.7. The van der Waals surface area contributed by atoms with E-state index in [-0.39, 0.29) is 12.5 Å². The number of thioether (sulfide) groups is 1. The maximum Gasteiger partial charge on any atom is 0.294 e. The summed E-state index contributed by atoms with van der Waals surface area (Å²) in [5, 5.41) is -0.399. The third-order valence-corrected chi connectivity index (χ3v) is 7.39. The fourth-order valence-electron chi connectivity index (χ4n) is 3.74. The normalized spacial score (nSPS) is 17.7. The average molecular weight is 576 g/mol. The molecule has 8 heteroatoms. The van der Waals surface area contributed by atoms with Gasteiger partial charge in [0.1, 0.15) is 18.9 Å². The molecule has 33 heavy (non-hydrogen) atoms. The lowest BCUT2D eigenvalue weighted by molar-refractivity contribution is -0.136. The number of likely N-dealkylation sites (tertiary alicyclic amines) is 1. The first kappa shape index (κ1) is 23.8. The number of halogens is 1. The maximum absolute atomic E-state index is 12.8. The average Bonchev–Trinajstić information content (AvgIpc) is 3.07. The number of hydrogen-bond donors (Lipinski definition) is 0. The summed E-state index contributed by atoms with van der Waals surface area (Å²) < 4.78 is 6.85. The molecule has 2 fully saturated rings. The molecule has 2 aliphatic rings. The van der Waals surface area contributed by atoms with Crippen molar-refractivity contribution in [2.45, 2.75) is 32.8 Å². The third-order valence-electron chi connectivity index (χ3n) is 5.64. The summed E-state index contributed by atoms with van der Waals surface area (Å²) in [5.41, 5.74) is 3.10. The highest BCUT2D eigenvalue weighted by atomic mass is 127. The van der Waals surface area contributed by atoms with Crippen molar-refractivity contribution >= 4 is 57.5 Å². The lowest BCUT2D eigenvalue weighted by Crippen LogP contribution is -2.44. The lowest BCUT2D eigenvalue weighted by Gasteiger charge is -2.27. The number of carbonyl (C=O) groups is 3. The van der Waals surface area contributed by atoms with Gasteiger partial charge in [0.15, 0.2) is 0 Å². The molecular formula is C25H25IN2O4S. The van der Waals surface area contributed by atoms with Crippen LogP contribution in [0.1, 0.15) is 36.0 Å².